The summed E-state index contributed by atoms with van der Waals surface area (Å²) in [5.74, 6) is -0.280. The molecule has 1 N–H and O–H groups in total. The van der Waals surface area contributed by atoms with Gasteiger partial charge in [-0.15, -0.1) is 0 Å². The van der Waals surface area contributed by atoms with Crippen LogP contribution in [0, 0.1) is 0 Å². The van der Waals surface area contributed by atoms with E-state index in [-0.39, 0.29) is 23.6 Å². The maximum absolute atomic E-state index is 12.5. The Labute approximate surface area is 177 Å². The Kier molecular flexibility index (Phi) is 5.81. The molecule has 154 valence electrons. The number of ether oxygens (including phenoxy) is 1. The Hall–Kier alpha value is -3.19. The summed E-state index contributed by atoms with van der Waals surface area (Å²) < 4.78 is 6.78. The lowest BCUT2D eigenvalue weighted by Gasteiger charge is -2.08. The van der Waals surface area contributed by atoms with Crippen LogP contribution in [0.5, 0.6) is 0 Å². The Balaban J connectivity index is 1.33. The second-order valence-corrected chi connectivity index (χ2v) is 7.56. The number of benzene rings is 2. The first-order valence-electron chi connectivity index (χ1n) is 9.73. The quantitative estimate of drug-likeness (QED) is 0.613. The molecule has 7 nitrogen and oxygen atoms in total. The number of esters is 1. The van der Waals surface area contributed by atoms with E-state index in [9.17, 15) is 14.4 Å². The van der Waals surface area contributed by atoms with Gasteiger partial charge in [0.1, 0.15) is 5.82 Å². The molecule has 0 fully saturated rings. The average molecular weight is 426 g/mol. The first kappa shape index (κ1) is 20.1. The molecule has 1 aliphatic heterocycles. The number of amides is 1. The van der Waals surface area contributed by atoms with Crippen LogP contribution in [0.4, 0.5) is 0 Å². The number of nitrogens with zero attached hydrogens (tertiary/aromatic N) is 2. The van der Waals surface area contributed by atoms with E-state index in [0.717, 1.165) is 24.2 Å². The van der Waals surface area contributed by atoms with E-state index in [2.05, 4.69) is 10.3 Å². The van der Waals surface area contributed by atoms with Crippen LogP contribution < -0.4 is 10.9 Å². The van der Waals surface area contributed by atoms with E-state index in [4.69, 9.17) is 16.3 Å². The Morgan fingerprint density at radius 2 is 1.97 bits per heavy atom. The molecule has 0 radical (unpaired) electrons. The fraction of sp³-hybridized carbons (Fsp3) is 0.273. The molecule has 0 atom stereocenters. The van der Waals surface area contributed by atoms with Gasteiger partial charge < -0.3 is 10.1 Å². The van der Waals surface area contributed by atoms with E-state index >= 15 is 0 Å². The summed E-state index contributed by atoms with van der Waals surface area (Å²) in [6, 6.07) is 12.0. The van der Waals surface area contributed by atoms with Gasteiger partial charge in [0, 0.05) is 24.5 Å². The number of aromatic nitrogens is 2. The van der Waals surface area contributed by atoms with Crippen molar-refractivity contribution in [3.8, 4) is 0 Å². The van der Waals surface area contributed by atoms with Crippen LogP contribution >= 0.6 is 11.6 Å². The predicted octanol–water partition coefficient (Wildman–Crippen LogP) is 2.51. The van der Waals surface area contributed by atoms with Gasteiger partial charge in [-0.3, -0.25) is 14.2 Å². The number of hydrogen-bond donors (Lipinski definition) is 1. The Morgan fingerprint density at radius 3 is 2.77 bits per heavy atom. The standard InChI is InChI=1S/C22H20ClN3O4/c23-16-6-3-14(4-7-16)9-10-24-20(27)13-30-22(29)15-5-8-17-18(12-15)25-19-2-1-11-26(19)21(17)28/h3-8,12H,1-2,9-11,13H2,(H,24,27). The summed E-state index contributed by atoms with van der Waals surface area (Å²) in [7, 11) is 0. The highest BCUT2D eigenvalue weighted by atomic mass is 35.5. The molecule has 0 aliphatic carbocycles. The van der Waals surface area contributed by atoms with Crippen molar-refractivity contribution < 1.29 is 14.3 Å². The number of halogens is 1. The topological polar surface area (TPSA) is 90.3 Å². The number of carbonyl (C=O) groups is 2. The lowest BCUT2D eigenvalue weighted by atomic mass is 10.1. The number of fused-ring (bicyclic) bond motifs is 2. The van der Waals surface area contributed by atoms with E-state index < -0.39 is 5.97 Å². The van der Waals surface area contributed by atoms with Crippen molar-refractivity contribution in [3.05, 3.63) is 74.8 Å². The minimum absolute atomic E-state index is 0.0903. The number of hydrogen-bond acceptors (Lipinski definition) is 5. The third-order valence-corrected chi connectivity index (χ3v) is 5.29. The second kappa shape index (κ2) is 8.67. The second-order valence-electron chi connectivity index (χ2n) is 7.12. The molecule has 0 saturated carbocycles. The van der Waals surface area contributed by atoms with Gasteiger partial charge in [0.05, 0.1) is 16.5 Å². The minimum atomic E-state index is -0.632. The zero-order chi connectivity index (χ0) is 21.1. The molecule has 1 amide bonds. The van der Waals surface area contributed by atoms with Crippen LogP contribution in [-0.4, -0.2) is 34.6 Å². The molecule has 8 heteroatoms. The van der Waals surface area contributed by atoms with Crippen LogP contribution in [0.15, 0.2) is 47.3 Å². The lowest BCUT2D eigenvalue weighted by molar-refractivity contribution is -0.124. The van der Waals surface area contributed by atoms with Gasteiger partial charge in [0.15, 0.2) is 6.61 Å². The van der Waals surface area contributed by atoms with Crippen molar-refractivity contribution in [1.29, 1.82) is 0 Å². The van der Waals surface area contributed by atoms with E-state index in [0.29, 0.717) is 35.4 Å². The molecule has 0 saturated heterocycles. The number of carbonyl (C=O) groups excluding carboxylic acids is 2. The van der Waals surface area contributed by atoms with Crippen LogP contribution in [-0.2, 0) is 28.9 Å². The van der Waals surface area contributed by atoms with Crippen molar-refractivity contribution in [2.45, 2.75) is 25.8 Å². The molecule has 0 unspecified atom stereocenters. The molecule has 30 heavy (non-hydrogen) atoms. The Morgan fingerprint density at radius 1 is 1.17 bits per heavy atom. The zero-order valence-electron chi connectivity index (χ0n) is 16.2. The number of nitrogens with one attached hydrogen (secondary N) is 1. The van der Waals surface area contributed by atoms with E-state index in [1.807, 2.05) is 12.1 Å². The third-order valence-electron chi connectivity index (χ3n) is 5.04. The van der Waals surface area contributed by atoms with Gasteiger partial charge in [-0.1, -0.05) is 23.7 Å². The number of aryl methyl sites for hydroxylation is 1. The van der Waals surface area contributed by atoms with Crippen LogP contribution in [0.3, 0.4) is 0 Å². The highest BCUT2D eigenvalue weighted by Crippen LogP contribution is 2.16. The first-order chi connectivity index (χ1) is 14.5. The maximum Gasteiger partial charge on any atom is 0.338 e. The minimum Gasteiger partial charge on any atom is -0.452 e. The smallest absolute Gasteiger partial charge is 0.338 e. The molecular formula is C22H20ClN3O4. The van der Waals surface area contributed by atoms with Gasteiger partial charge in [-0.25, -0.2) is 9.78 Å². The van der Waals surface area contributed by atoms with Gasteiger partial charge in [-0.05, 0) is 48.7 Å². The molecule has 1 aromatic heterocycles. The molecule has 0 bridgehead atoms. The lowest BCUT2D eigenvalue weighted by Crippen LogP contribution is -2.30. The number of rotatable bonds is 6. The van der Waals surface area contributed by atoms with Gasteiger partial charge >= 0.3 is 5.97 Å². The fourth-order valence-electron chi connectivity index (χ4n) is 3.47. The highest BCUT2D eigenvalue weighted by Gasteiger charge is 2.18. The average Bonchev–Trinajstić information content (AvgIpc) is 3.22. The summed E-state index contributed by atoms with van der Waals surface area (Å²) in [5, 5.41) is 3.84. The molecular weight excluding hydrogens is 406 g/mol. The van der Waals surface area contributed by atoms with Crippen molar-refractivity contribution >= 4 is 34.4 Å². The summed E-state index contributed by atoms with van der Waals surface area (Å²) in [5.41, 5.74) is 1.68. The fourth-order valence-corrected chi connectivity index (χ4v) is 3.60. The van der Waals surface area contributed by atoms with Gasteiger partial charge in [0.25, 0.3) is 11.5 Å². The highest BCUT2D eigenvalue weighted by molar-refractivity contribution is 6.30. The maximum atomic E-state index is 12.5. The van der Waals surface area contributed by atoms with Crippen molar-refractivity contribution in [1.82, 2.24) is 14.9 Å². The summed E-state index contributed by atoms with van der Waals surface area (Å²) >= 11 is 5.84. The zero-order valence-corrected chi connectivity index (χ0v) is 16.9. The van der Waals surface area contributed by atoms with Crippen LogP contribution in [0.1, 0.15) is 28.2 Å². The van der Waals surface area contributed by atoms with Crippen molar-refractivity contribution in [3.63, 3.8) is 0 Å². The molecule has 2 aromatic carbocycles. The van der Waals surface area contributed by atoms with Crippen molar-refractivity contribution in [2.24, 2.45) is 0 Å². The molecule has 1 aliphatic rings. The molecule has 4 rings (SSSR count). The summed E-state index contributed by atoms with van der Waals surface area (Å²) in [6.07, 6.45) is 2.28. The summed E-state index contributed by atoms with van der Waals surface area (Å²) in [6.45, 7) is 0.721. The normalized spacial score (nSPS) is 12.6. The molecule has 3 aromatic rings. The predicted molar refractivity (Wildman–Crippen MR) is 113 cm³/mol. The molecule has 0 spiro atoms. The Bertz CT molecular complexity index is 1170. The third kappa shape index (κ3) is 4.36. The van der Waals surface area contributed by atoms with E-state index in [1.165, 1.54) is 12.1 Å². The van der Waals surface area contributed by atoms with Gasteiger partial charge in [0.2, 0.25) is 0 Å². The largest absolute Gasteiger partial charge is 0.452 e. The van der Waals surface area contributed by atoms with E-state index in [1.54, 1.807) is 22.8 Å². The SMILES string of the molecule is O=C(COC(=O)c1ccc2c(=O)n3c(nc2c1)CCC3)NCCc1ccc(Cl)cc1. The monoisotopic (exact) mass is 425 g/mol. The van der Waals surface area contributed by atoms with Crippen LogP contribution in [0.2, 0.25) is 5.02 Å². The molecule has 2 heterocycles. The van der Waals surface area contributed by atoms with Crippen molar-refractivity contribution in [2.75, 3.05) is 13.2 Å². The van der Waals surface area contributed by atoms with Crippen LogP contribution in [0.25, 0.3) is 10.9 Å². The summed E-state index contributed by atoms with van der Waals surface area (Å²) in [4.78, 5) is 41.2. The first-order valence-corrected chi connectivity index (χ1v) is 10.1. The van der Waals surface area contributed by atoms with Gasteiger partial charge in [-0.2, -0.15) is 0 Å².